The second kappa shape index (κ2) is 6.10. The van der Waals surface area contributed by atoms with Gasteiger partial charge in [-0.1, -0.05) is 50.7 Å². The number of hydrogen-bond acceptors (Lipinski definition) is 3. The molecule has 0 atom stereocenters. The summed E-state index contributed by atoms with van der Waals surface area (Å²) in [5, 5.41) is 0. The lowest BCUT2D eigenvalue weighted by atomic mass is 9.65. The van der Waals surface area contributed by atoms with Crippen LogP contribution in [0.4, 0.5) is 0 Å². The zero-order valence-corrected chi connectivity index (χ0v) is 13.7. The molecular formula is C20H25NO2. The minimum absolute atomic E-state index is 0.219. The van der Waals surface area contributed by atoms with E-state index in [1.54, 1.807) is 0 Å². The van der Waals surface area contributed by atoms with E-state index in [2.05, 4.69) is 0 Å². The Morgan fingerprint density at radius 2 is 1.70 bits per heavy atom. The molecule has 2 aromatic rings. The molecule has 3 heteroatoms. The topological polar surface area (TPSA) is 43.1 Å². The van der Waals surface area contributed by atoms with Gasteiger partial charge in [0.05, 0.1) is 0 Å². The quantitative estimate of drug-likeness (QED) is 0.784. The van der Waals surface area contributed by atoms with Gasteiger partial charge in [0.2, 0.25) is 5.89 Å². The summed E-state index contributed by atoms with van der Waals surface area (Å²) in [6.45, 7) is 0. The lowest BCUT2D eigenvalue weighted by Crippen LogP contribution is -2.42. The first-order valence-electron chi connectivity index (χ1n) is 9.20. The highest BCUT2D eigenvalue weighted by Gasteiger charge is 2.47. The molecule has 2 aliphatic carbocycles. The predicted molar refractivity (Wildman–Crippen MR) is 90.4 cm³/mol. The maximum absolute atomic E-state index is 13.5. The van der Waals surface area contributed by atoms with Gasteiger partial charge in [0.15, 0.2) is 11.4 Å². The third-order valence-corrected chi connectivity index (χ3v) is 5.86. The standard InChI is InChI=1S/C20H25NO2/c22-18(15-9-3-1-4-10-15)20(13-7-2-8-14-20)19-21-16-11-5-6-12-17(16)23-19/h5-6,11-12,15H,1-4,7-10,13-14H2. The number of ketones is 1. The molecule has 0 aliphatic heterocycles. The first kappa shape index (κ1) is 14.9. The summed E-state index contributed by atoms with van der Waals surface area (Å²) in [6, 6.07) is 7.87. The maximum atomic E-state index is 13.5. The number of oxazole rings is 1. The fraction of sp³-hybridized carbons (Fsp3) is 0.600. The van der Waals surface area contributed by atoms with Crippen LogP contribution in [0, 0.1) is 5.92 Å². The zero-order chi connectivity index (χ0) is 15.7. The van der Waals surface area contributed by atoms with Crippen LogP contribution in [-0.2, 0) is 10.2 Å². The van der Waals surface area contributed by atoms with E-state index >= 15 is 0 Å². The highest BCUT2D eigenvalue weighted by molar-refractivity contribution is 5.92. The lowest BCUT2D eigenvalue weighted by molar-refractivity contribution is -0.131. The summed E-state index contributed by atoms with van der Waals surface area (Å²) in [6.07, 6.45) is 11.0. The number of benzene rings is 1. The molecule has 0 spiro atoms. The third kappa shape index (κ3) is 2.60. The number of carbonyl (C=O) groups excluding carboxylic acids is 1. The monoisotopic (exact) mass is 311 g/mol. The van der Waals surface area contributed by atoms with Gasteiger partial charge in [-0.2, -0.15) is 0 Å². The molecule has 0 unspecified atom stereocenters. The molecule has 1 aromatic heterocycles. The Bertz CT molecular complexity index is 657. The van der Waals surface area contributed by atoms with E-state index < -0.39 is 5.41 Å². The fourth-order valence-electron chi connectivity index (χ4n) is 4.55. The average molecular weight is 311 g/mol. The molecule has 23 heavy (non-hydrogen) atoms. The molecule has 0 radical (unpaired) electrons. The summed E-state index contributed by atoms with van der Waals surface area (Å²) in [5.74, 6) is 1.33. The maximum Gasteiger partial charge on any atom is 0.209 e. The number of carbonyl (C=O) groups is 1. The van der Waals surface area contributed by atoms with Gasteiger partial charge in [-0.3, -0.25) is 4.79 Å². The molecule has 1 heterocycles. The first-order valence-corrected chi connectivity index (χ1v) is 9.20. The van der Waals surface area contributed by atoms with E-state index in [4.69, 9.17) is 9.40 Å². The summed E-state index contributed by atoms with van der Waals surface area (Å²) in [5.41, 5.74) is 1.23. The molecule has 1 aromatic carbocycles. The van der Waals surface area contributed by atoms with E-state index in [-0.39, 0.29) is 5.92 Å². The Morgan fingerprint density at radius 1 is 1.00 bits per heavy atom. The smallest absolute Gasteiger partial charge is 0.209 e. The van der Waals surface area contributed by atoms with Gasteiger partial charge in [-0.05, 0) is 37.8 Å². The number of hydrogen-bond donors (Lipinski definition) is 0. The number of nitrogens with zero attached hydrogens (tertiary/aromatic N) is 1. The van der Waals surface area contributed by atoms with Crippen LogP contribution in [0.15, 0.2) is 28.7 Å². The number of para-hydroxylation sites is 2. The fourth-order valence-corrected chi connectivity index (χ4v) is 4.55. The molecule has 2 saturated carbocycles. The number of fused-ring (bicyclic) bond motifs is 1. The van der Waals surface area contributed by atoms with Gasteiger partial charge in [-0.25, -0.2) is 4.98 Å². The van der Waals surface area contributed by atoms with Crippen molar-refractivity contribution < 1.29 is 9.21 Å². The van der Waals surface area contributed by atoms with Crippen molar-refractivity contribution in [1.82, 2.24) is 4.98 Å². The van der Waals surface area contributed by atoms with Crippen molar-refractivity contribution in [3.8, 4) is 0 Å². The van der Waals surface area contributed by atoms with Crippen molar-refractivity contribution >= 4 is 16.9 Å². The molecule has 0 bridgehead atoms. The minimum atomic E-state index is -0.459. The first-order chi connectivity index (χ1) is 11.3. The second-order valence-corrected chi connectivity index (χ2v) is 7.33. The Morgan fingerprint density at radius 3 is 2.43 bits per heavy atom. The SMILES string of the molecule is O=C(C1CCCCC1)C1(c2nc3ccccc3o2)CCCCC1. The van der Waals surface area contributed by atoms with Crippen LogP contribution >= 0.6 is 0 Å². The van der Waals surface area contributed by atoms with Gasteiger partial charge in [0.1, 0.15) is 10.9 Å². The molecule has 0 amide bonds. The summed E-state index contributed by atoms with van der Waals surface area (Å²) in [4.78, 5) is 18.2. The Labute approximate surface area is 137 Å². The summed E-state index contributed by atoms with van der Waals surface area (Å²) < 4.78 is 6.09. The highest BCUT2D eigenvalue weighted by Crippen LogP contribution is 2.44. The molecule has 4 rings (SSSR count). The largest absolute Gasteiger partial charge is 0.440 e. The molecule has 0 N–H and O–H groups in total. The number of rotatable bonds is 3. The van der Waals surface area contributed by atoms with Crippen LogP contribution in [0.3, 0.4) is 0 Å². The van der Waals surface area contributed by atoms with Crippen LogP contribution in [0.5, 0.6) is 0 Å². The molecule has 2 fully saturated rings. The minimum Gasteiger partial charge on any atom is -0.440 e. The summed E-state index contributed by atoms with van der Waals surface area (Å²) >= 11 is 0. The van der Waals surface area contributed by atoms with Crippen molar-refractivity contribution in [1.29, 1.82) is 0 Å². The van der Waals surface area contributed by atoms with Gasteiger partial charge in [0, 0.05) is 5.92 Å². The van der Waals surface area contributed by atoms with E-state index in [1.807, 2.05) is 24.3 Å². The van der Waals surface area contributed by atoms with E-state index in [1.165, 1.54) is 25.7 Å². The van der Waals surface area contributed by atoms with Crippen molar-refractivity contribution in [2.45, 2.75) is 69.6 Å². The van der Waals surface area contributed by atoms with Crippen LogP contribution in [-0.4, -0.2) is 10.8 Å². The molecule has 2 aliphatic rings. The molecular weight excluding hydrogens is 286 g/mol. The normalized spacial score (nSPS) is 22.3. The van der Waals surface area contributed by atoms with Gasteiger partial charge >= 0.3 is 0 Å². The highest BCUT2D eigenvalue weighted by atomic mass is 16.4. The average Bonchev–Trinajstić information content (AvgIpc) is 3.07. The van der Waals surface area contributed by atoms with Crippen molar-refractivity contribution in [3.05, 3.63) is 30.2 Å². The van der Waals surface area contributed by atoms with Crippen molar-refractivity contribution in [2.24, 2.45) is 5.92 Å². The Kier molecular flexibility index (Phi) is 3.96. The molecule has 122 valence electrons. The molecule has 3 nitrogen and oxygen atoms in total. The van der Waals surface area contributed by atoms with Gasteiger partial charge < -0.3 is 4.42 Å². The van der Waals surface area contributed by atoms with Crippen LogP contribution in [0.2, 0.25) is 0 Å². The predicted octanol–water partition coefficient (Wildman–Crippen LogP) is 5.18. The summed E-state index contributed by atoms with van der Waals surface area (Å²) in [7, 11) is 0. The van der Waals surface area contributed by atoms with E-state index in [0.717, 1.165) is 49.6 Å². The second-order valence-electron chi connectivity index (χ2n) is 7.33. The van der Waals surface area contributed by atoms with E-state index in [0.29, 0.717) is 11.7 Å². The third-order valence-electron chi connectivity index (χ3n) is 5.86. The van der Waals surface area contributed by atoms with E-state index in [9.17, 15) is 4.79 Å². The van der Waals surface area contributed by atoms with Crippen LogP contribution in [0.1, 0.15) is 70.1 Å². The number of aromatic nitrogens is 1. The van der Waals surface area contributed by atoms with Gasteiger partial charge in [-0.15, -0.1) is 0 Å². The lowest BCUT2D eigenvalue weighted by Gasteiger charge is -2.36. The molecule has 0 saturated heterocycles. The zero-order valence-electron chi connectivity index (χ0n) is 13.7. The number of Topliss-reactive ketones (excluding diaryl/α,β-unsaturated/α-hetero) is 1. The van der Waals surface area contributed by atoms with Crippen LogP contribution < -0.4 is 0 Å². The van der Waals surface area contributed by atoms with Crippen LogP contribution in [0.25, 0.3) is 11.1 Å². The Balaban J connectivity index is 1.74. The van der Waals surface area contributed by atoms with Crippen molar-refractivity contribution in [3.63, 3.8) is 0 Å². The van der Waals surface area contributed by atoms with Gasteiger partial charge in [0.25, 0.3) is 0 Å². The van der Waals surface area contributed by atoms with Crippen molar-refractivity contribution in [2.75, 3.05) is 0 Å². The Hall–Kier alpha value is -1.64.